The highest BCUT2D eigenvalue weighted by molar-refractivity contribution is 5.95. The Balaban J connectivity index is 1.51. The highest BCUT2D eigenvalue weighted by Crippen LogP contribution is 2.18. The van der Waals surface area contributed by atoms with Crippen molar-refractivity contribution in [2.45, 2.75) is 26.3 Å². The molecular weight excluding hydrogens is 380 g/mol. The van der Waals surface area contributed by atoms with Gasteiger partial charge in [0.2, 0.25) is 11.9 Å². The van der Waals surface area contributed by atoms with Crippen molar-refractivity contribution in [2.75, 3.05) is 37.0 Å². The van der Waals surface area contributed by atoms with Crippen LogP contribution < -0.4 is 15.1 Å². The fourth-order valence-corrected chi connectivity index (χ4v) is 3.45. The molecule has 1 fully saturated rings. The molecule has 3 aromatic rings. The second-order valence-corrected chi connectivity index (χ2v) is 7.51. The normalized spacial score (nSPS) is 13.5. The van der Waals surface area contributed by atoms with E-state index in [0.29, 0.717) is 23.3 Å². The zero-order chi connectivity index (χ0) is 21.1. The smallest absolute Gasteiger partial charge is 0.255 e. The lowest BCUT2D eigenvalue weighted by Crippen LogP contribution is -2.27. The molecule has 1 aliphatic heterocycles. The number of carbonyl (C=O) groups is 1. The van der Waals surface area contributed by atoms with E-state index in [-0.39, 0.29) is 12.5 Å². The van der Waals surface area contributed by atoms with Crippen molar-refractivity contribution >= 4 is 17.8 Å². The van der Waals surface area contributed by atoms with Gasteiger partial charge in [-0.15, -0.1) is 0 Å². The second-order valence-electron chi connectivity index (χ2n) is 7.51. The lowest BCUT2D eigenvalue weighted by molar-refractivity contribution is 0.0949. The summed E-state index contributed by atoms with van der Waals surface area (Å²) >= 11 is 0. The summed E-state index contributed by atoms with van der Waals surface area (Å²) < 4.78 is 1.76. The molecule has 1 aliphatic rings. The van der Waals surface area contributed by atoms with Gasteiger partial charge in [0, 0.05) is 27.2 Å². The van der Waals surface area contributed by atoms with E-state index < -0.39 is 0 Å². The van der Waals surface area contributed by atoms with Gasteiger partial charge in [-0.1, -0.05) is 18.2 Å². The van der Waals surface area contributed by atoms with Gasteiger partial charge in [0.1, 0.15) is 0 Å². The zero-order valence-corrected chi connectivity index (χ0v) is 17.5. The summed E-state index contributed by atoms with van der Waals surface area (Å²) in [6.07, 6.45) is 3.87. The molecule has 9 heteroatoms. The molecule has 9 nitrogen and oxygen atoms in total. The minimum absolute atomic E-state index is 0.204. The van der Waals surface area contributed by atoms with Gasteiger partial charge in [-0.25, -0.2) is 4.68 Å². The van der Waals surface area contributed by atoms with Crippen LogP contribution in [0.15, 0.2) is 36.5 Å². The largest absolute Gasteiger partial charge is 0.347 e. The topological polar surface area (TPSA) is 92.1 Å². The van der Waals surface area contributed by atoms with E-state index in [2.05, 4.69) is 30.3 Å². The van der Waals surface area contributed by atoms with Gasteiger partial charge < -0.3 is 15.1 Å². The minimum atomic E-state index is -0.204. The molecule has 2 aromatic heterocycles. The first-order chi connectivity index (χ1) is 14.5. The fraction of sp³-hybridized carbons (Fsp3) is 0.381. The van der Waals surface area contributed by atoms with Crippen molar-refractivity contribution in [1.82, 2.24) is 30.0 Å². The molecular formula is C21H26N8O. The number of benzene rings is 1. The Morgan fingerprint density at radius 2 is 1.83 bits per heavy atom. The van der Waals surface area contributed by atoms with Crippen LogP contribution in [0.25, 0.3) is 5.69 Å². The minimum Gasteiger partial charge on any atom is -0.347 e. The lowest BCUT2D eigenvalue weighted by atomic mass is 10.2. The van der Waals surface area contributed by atoms with Crippen LogP contribution in [-0.4, -0.2) is 57.8 Å². The van der Waals surface area contributed by atoms with E-state index >= 15 is 0 Å². The van der Waals surface area contributed by atoms with Gasteiger partial charge in [0.05, 0.1) is 29.7 Å². The summed E-state index contributed by atoms with van der Waals surface area (Å²) in [7, 11) is 3.79. The van der Waals surface area contributed by atoms with Crippen molar-refractivity contribution in [2.24, 2.45) is 0 Å². The number of nitrogens with zero attached hydrogens (tertiary/aromatic N) is 7. The van der Waals surface area contributed by atoms with Gasteiger partial charge in [-0.3, -0.25) is 4.79 Å². The standard InChI is InChI=1S/C21H26N8O/c1-15-17(13-23-29(15)16-9-5-4-6-10-16)19(30)22-14-18-24-20(27(2)3)26-21(25-18)28-11-7-8-12-28/h4-6,9-10,13H,7-8,11-12,14H2,1-3H3,(H,22,30). The average Bonchev–Trinajstić information content (AvgIpc) is 3.42. The van der Waals surface area contributed by atoms with Crippen LogP contribution in [0.5, 0.6) is 0 Å². The maximum atomic E-state index is 12.8. The summed E-state index contributed by atoms with van der Waals surface area (Å²) in [4.78, 5) is 30.4. The number of nitrogens with one attached hydrogen (secondary N) is 1. The van der Waals surface area contributed by atoms with Crippen molar-refractivity contribution in [3.63, 3.8) is 0 Å². The Labute approximate surface area is 175 Å². The van der Waals surface area contributed by atoms with Crippen molar-refractivity contribution < 1.29 is 4.79 Å². The second kappa shape index (κ2) is 8.48. The van der Waals surface area contributed by atoms with Gasteiger partial charge in [-0.05, 0) is 31.9 Å². The van der Waals surface area contributed by atoms with Crippen LogP contribution in [0, 0.1) is 6.92 Å². The molecule has 0 atom stereocenters. The summed E-state index contributed by atoms with van der Waals surface area (Å²) in [6, 6.07) is 9.74. The Kier molecular flexibility index (Phi) is 5.60. The highest BCUT2D eigenvalue weighted by atomic mass is 16.1. The first-order valence-corrected chi connectivity index (χ1v) is 10.1. The number of aromatic nitrogens is 5. The van der Waals surface area contributed by atoms with Crippen LogP contribution in [-0.2, 0) is 6.54 Å². The Hall–Kier alpha value is -3.49. The number of para-hydroxylation sites is 1. The van der Waals surface area contributed by atoms with E-state index in [0.717, 1.165) is 37.3 Å². The zero-order valence-electron chi connectivity index (χ0n) is 17.5. The molecule has 30 heavy (non-hydrogen) atoms. The van der Waals surface area contributed by atoms with E-state index in [1.807, 2.05) is 56.3 Å². The number of carbonyl (C=O) groups excluding carboxylic acids is 1. The monoisotopic (exact) mass is 406 g/mol. The van der Waals surface area contributed by atoms with Gasteiger partial charge in [-0.2, -0.15) is 20.1 Å². The average molecular weight is 406 g/mol. The molecule has 1 saturated heterocycles. The van der Waals surface area contributed by atoms with E-state index in [9.17, 15) is 4.79 Å². The van der Waals surface area contributed by atoms with Gasteiger partial charge in [0.25, 0.3) is 5.91 Å². The SMILES string of the molecule is Cc1c(C(=O)NCc2nc(N(C)C)nc(N3CCCC3)n2)cnn1-c1ccccc1. The quantitative estimate of drug-likeness (QED) is 0.669. The van der Waals surface area contributed by atoms with Crippen molar-refractivity contribution in [3.05, 3.63) is 53.6 Å². The third kappa shape index (κ3) is 4.10. The summed E-state index contributed by atoms with van der Waals surface area (Å²) in [5.41, 5.74) is 2.22. The molecule has 0 radical (unpaired) electrons. The van der Waals surface area contributed by atoms with Crippen LogP contribution in [0.4, 0.5) is 11.9 Å². The number of hydrogen-bond acceptors (Lipinski definition) is 7. The number of hydrogen-bond donors (Lipinski definition) is 1. The molecule has 0 saturated carbocycles. The number of anilines is 2. The molecule has 4 rings (SSSR count). The summed E-state index contributed by atoms with van der Waals surface area (Å²) in [6.45, 7) is 3.99. The third-order valence-corrected chi connectivity index (χ3v) is 5.11. The van der Waals surface area contributed by atoms with Crippen molar-refractivity contribution in [1.29, 1.82) is 0 Å². The predicted octanol–water partition coefficient (Wildman–Crippen LogP) is 1.96. The number of amides is 1. The first-order valence-electron chi connectivity index (χ1n) is 10.1. The van der Waals surface area contributed by atoms with E-state index in [1.54, 1.807) is 10.9 Å². The molecule has 1 N–H and O–H groups in total. The van der Waals surface area contributed by atoms with Crippen LogP contribution in [0.1, 0.15) is 34.7 Å². The molecule has 0 spiro atoms. The van der Waals surface area contributed by atoms with E-state index in [4.69, 9.17) is 0 Å². The van der Waals surface area contributed by atoms with E-state index in [1.165, 1.54) is 0 Å². The molecule has 1 aromatic carbocycles. The third-order valence-electron chi connectivity index (χ3n) is 5.11. The Morgan fingerprint density at radius 1 is 1.10 bits per heavy atom. The number of rotatable bonds is 6. The maximum Gasteiger partial charge on any atom is 0.255 e. The Bertz CT molecular complexity index is 1020. The van der Waals surface area contributed by atoms with Crippen molar-refractivity contribution in [3.8, 4) is 5.69 Å². The molecule has 0 bridgehead atoms. The van der Waals surface area contributed by atoms with Gasteiger partial charge in [0.15, 0.2) is 5.82 Å². The highest BCUT2D eigenvalue weighted by Gasteiger charge is 2.19. The summed E-state index contributed by atoms with van der Waals surface area (Å²) in [5, 5.41) is 7.29. The summed E-state index contributed by atoms with van der Waals surface area (Å²) in [5.74, 6) is 1.59. The Morgan fingerprint density at radius 3 is 2.53 bits per heavy atom. The molecule has 3 heterocycles. The van der Waals surface area contributed by atoms with Crippen LogP contribution in [0.2, 0.25) is 0 Å². The van der Waals surface area contributed by atoms with Crippen LogP contribution >= 0.6 is 0 Å². The lowest BCUT2D eigenvalue weighted by Gasteiger charge is -2.18. The maximum absolute atomic E-state index is 12.8. The predicted molar refractivity (Wildman–Crippen MR) is 115 cm³/mol. The first kappa shape index (κ1) is 19.8. The molecule has 0 unspecified atom stereocenters. The molecule has 1 amide bonds. The van der Waals surface area contributed by atoms with Crippen LogP contribution in [0.3, 0.4) is 0 Å². The fourth-order valence-electron chi connectivity index (χ4n) is 3.45. The van der Waals surface area contributed by atoms with Gasteiger partial charge >= 0.3 is 0 Å². The molecule has 0 aliphatic carbocycles. The molecule has 156 valence electrons.